The Morgan fingerprint density at radius 3 is 1.68 bits per heavy atom. The van der Waals surface area contributed by atoms with Gasteiger partial charge in [-0.3, -0.25) is 4.79 Å². The van der Waals surface area contributed by atoms with Gasteiger partial charge in [-0.05, 0) is 12.8 Å². The number of carbonyl (C=O) groups is 1. The highest BCUT2D eigenvalue weighted by atomic mass is 32.2. The minimum Gasteiger partial charge on any atom is -0.481 e. The molecule has 1 aliphatic carbocycles. The van der Waals surface area contributed by atoms with Gasteiger partial charge >= 0.3 is 5.97 Å². The van der Waals surface area contributed by atoms with Crippen LogP contribution in [0.25, 0.3) is 0 Å². The molecule has 112 valence electrons. The van der Waals surface area contributed by atoms with E-state index in [9.17, 15) is 21.6 Å². The van der Waals surface area contributed by atoms with Crippen LogP contribution in [-0.4, -0.2) is 46.2 Å². The molecule has 0 radical (unpaired) electrons. The second-order valence-electron chi connectivity index (χ2n) is 4.60. The van der Waals surface area contributed by atoms with Gasteiger partial charge in [0.25, 0.3) is 20.2 Å². The quantitative estimate of drug-likeness (QED) is 0.551. The van der Waals surface area contributed by atoms with Gasteiger partial charge in [-0.15, -0.1) is 0 Å². The van der Waals surface area contributed by atoms with Crippen molar-refractivity contribution in [3.63, 3.8) is 0 Å². The van der Waals surface area contributed by atoms with Crippen molar-refractivity contribution in [1.29, 1.82) is 0 Å². The van der Waals surface area contributed by atoms with Crippen LogP contribution in [0.3, 0.4) is 0 Å². The number of aliphatic carboxylic acids is 1. The molecule has 0 aromatic rings. The molecule has 0 bridgehead atoms. The van der Waals surface area contributed by atoms with Gasteiger partial charge in [-0.1, -0.05) is 0 Å². The first-order valence-corrected chi connectivity index (χ1v) is 9.10. The molecule has 8 nitrogen and oxygen atoms in total. The smallest absolute Gasteiger partial charge is 0.306 e. The minimum atomic E-state index is -3.93. The Bertz CT molecular complexity index is 503. The first-order chi connectivity index (χ1) is 8.43. The Hall–Kier alpha value is -0.710. The van der Waals surface area contributed by atoms with E-state index in [1.54, 1.807) is 0 Å². The molecule has 1 fully saturated rings. The van der Waals surface area contributed by atoms with Gasteiger partial charge in [0.2, 0.25) is 5.79 Å². The minimum absolute atomic E-state index is 0.0837. The second-order valence-corrected chi connectivity index (χ2v) is 7.75. The van der Waals surface area contributed by atoms with Crippen LogP contribution in [0.5, 0.6) is 0 Å². The second kappa shape index (κ2) is 5.35. The van der Waals surface area contributed by atoms with Crippen molar-refractivity contribution >= 4 is 26.2 Å². The Balaban J connectivity index is 2.94. The van der Waals surface area contributed by atoms with E-state index in [0.717, 1.165) is 12.5 Å². The third-order valence-electron chi connectivity index (χ3n) is 2.70. The summed E-state index contributed by atoms with van der Waals surface area (Å²) in [4.78, 5) is 10.8. The summed E-state index contributed by atoms with van der Waals surface area (Å²) < 4.78 is 54.3. The maximum Gasteiger partial charge on any atom is 0.306 e. The van der Waals surface area contributed by atoms with E-state index in [2.05, 4.69) is 0 Å². The van der Waals surface area contributed by atoms with E-state index in [1.807, 2.05) is 0 Å². The van der Waals surface area contributed by atoms with Crippen LogP contribution < -0.4 is 0 Å². The van der Waals surface area contributed by atoms with Crippen molar-refractivity contribution in [1.82, 2.24) is 0 Å². The van der Waals surface area contributed by atoms with E-state index in [0.29, 0.717) is 0 Å². The molecule has 10 heteroatoms. The Kier molecular flexibility index (Phi) is 4.60. The summed E-state index contributed by atoms with van der Waals surface area (Å²) >= 11 is 0. The SMILES string of the molecule is CS(=O)(=O)OC1(OS(C)(=O)=O)CCC(C(=O)O)CC1. The zero-order valence-electron chi connectivity index (χ0n) is 10.5. The molecular formula is C9H16O8S2. The lowest BCUT2D eigenvalue weighted by Gasteiger charge is -2.36. The highest BCUT2D eigenvalue weighted by molar-refractivity contribution is 7.86. The summed E-state index contributed by atoms with van der Waals surface area (Å²) in [5.41, 5.74) is 0. The molecule has 0 aromatic heterocycles. The van der Waals surface area contributed by atoms with E-state index < -0.39 is 37.9 Å². The predicted octanol–water partition coefficient (Wildman–Crippen LogP) is -0.0901. The summed E-state index contributed by atoms with van der Waals surface area (Å²) in [6, 6.07) is 0. The van der Waals surface area contributed by atoms with Crippen molar-refractivity contribution in [2.75, 3.05) is 12.5 Å². The fourth-order valence-electron chi connectivity index (χ4n) is 2.04. The average molecular weight is 316 g/mol. The standard InChI is InChI=1S/C9H16O8S2/c1-18(12,13)16-9(17-19(2,14)15)5-3-7(4-6-9)8(10)11/h7H,3-6H2,1-2H3,(H,10,11). The molecule has 0 unspecified atom stereocenters. The molecule has 0 amide bonds. The van der Waals surface area contributed by atoms with Crippen LogP contribution in [0, 0.1) is 5.92 Å². The van der Waals surface area contributed by atoms with Gasteiger partial charge in [0, 0.05) is 12.8 Å². The van der Waals surface area contributed by atoms with Gasteiger partial charge in [0.05, 0.1) is 18.4 Å². The van der Waals surface area contributed by atoms with Crippen LogP contribution in [-0.2, 0) is 33.4 Å². The van der Waals surface area contributed by atoms with Crippen LogP contribution >= 0.6 is 0 Å². The van der Waals surface area contributed by atoms with Gasteiger partial charge < -0.3 is 5.11 Å². The molecule has 0 aromatic carbocycles. The molecule has 1 aliphatic rings. The lowest BCUT2D eigenvalue weighted by atomic mass is 9.85. The van der Waals surface area contributed by atoms with Crippen LogP contribution in [0.1, 0.15) is 25.7 Å². The van der Waals surface area contributed by atoms with Crippen molar-refractivity contribution in [3.8, 4) is 0 Å². The largest absolute Gasteiger partial charge is 0.481 e. The number of carboxylic acid groups (broad SMARTS) is 1. The Morgan fingerprint density at radius 1 is 1.05 bits per heavy atom. The van der Waals surface area contributed by atoms with E-state index in [-0.39, 0.29) is 25.7 Å². The van der Waals surface area contributed by atoms with Gasteiger partial charge in [-0.2, -0.15) is 16.8 Å². The molecule has 0 atom stereocenters. The summed E-state index contributed by atoms with van der Waals surface area (Å²) in [6.07, 6.45) is 1.49. The number of rotatable bonds is 5. The van der Waals surface area contributed by atoms with Gasteiger partial charge in [-0.25, -0.2) is 8.37 Å². The van der Waals surface area contributed by atoms with Crippen LogP contribution in [0.2, 0.25) is 0 Å². The van der Waals surface area contributed by atoms with Gasteiger partial charge in [0.15, 0.2) is 0 Å². The molecule has 0 spiro atoms. The Labute approximate surface area is 112 Å². The molecule has 0 heterocycles. The van der Waals surface area contributed by atoms with E-state index >= 15 is 0 Å². The molecule has 0 saturated heterocycles. The summed E-state index contributed by atoms with van der Waals surface area (Å²) in [5.74, 6) is -3.49. The average Bonchev–Trinajstić information content (AvgIpc) is 2.11. The summed E-state index contributed by atoms with van der Waals surface area (Å²) in [7, 11) is -7.86. The first-order valence-electron chi connectivity index (χ1n) is 5.46. The third-order valence-corrected chi connectivity index (χ3v) is 3.92. The number of hydrogen-bond donors (Lipinski definition) is 1. The topological polar surface area (TPSA) is 124 Å². The van der Waals surface area contributed by atoms with Crippen LogP contribution in [0.4, 0.5) is 0 Å². The lowest BCUT2D eigenvalue weighted by molar-refractivity contribution is -0.155. The van der Waals surface area contributed by atoms with Crippen molar-refractivity contribution in [3.05, 3.63) is 0 Å². The summed E-state index contributed by atoms with van der Waals surface area (Å²) in [5, 5.41) is 8.86. The zero-order chi connectivity index (χ0) is 14.9. The summed E-state index contributed by atoms with van der Waals surface area (Å²) in [6.45, 7) is 0. The van der Waals surface area contributed by atoms with Crippen molar-refractivity contribution in [2.24, 2.45) is 5.92 Å². The maximum absolute atomic E-state index is 11.2. The highest BCUT2D eigenvalue weighted by Crippen LogP contribution is 2.38. The Morgan fingerprint density at radius 2 is 1.42 bits per heavy atom. The molecule has 1 N–H and O–H groups in total. The van der Waals surface area contributed by atoms with Crippen molar-refractivity contribution in [2.45, 2.75) is 31.5 Å². The molecule has 19 heavy (non-hydrogen) atoms. The molecule has 1 rings (SSSR count). The maximum atomic E-state index is 11.2. The van der Waals surface area contributed by atoms with Crippen LogP contribution in [0.15, 0.2) is 0 Å². The predicted molar refractivity (Wildman–Crippen MR) is 64.2 cm³/mol. The number of carboxylic acids is 1. The molecule has 0 aliphatic heterocycles. The van der Waals surface area contributed by atoms with Crippen molar-refractivity contribution < 1.29 is 35.1 Å². The first kappa shape index (κ1) is 16.3. The fourth-order valence-corrected chi connectivity index (χ4v) is 3.58. The zero-order valence-corrected chi connectivity index (χ0v) is 12.2. The number of hydrogen-bond acceptors (Lipinski definition) is 7. The monoisotopic (exact) mass is 316 g/mol. The normalized spacial score (nSPS) is 21.2. The molecular weight excluding hydrogens is 300 g/mol. The lowest BCUT2D eigenvalue weighted by Crippen LogP contribution is -2.43. The fraction of sp³-hybridized carbons (Fsp3) is 0.889. The van der Waals surface area contributed by atoms with E-state index in [4.69, 9.17) is 13.5 Å². The highest BCUT2D eigenvalue weighted by Gasteiger charge is 2.44. The third kappa shape index (κ3) is 5.43. The van der Waals surface area contributed by atoms with E-state index in [1.165, 1.54) is 0 Å². The molecule has 1 saturated carbocycles. The van der Waals surface area contributed by atoms with Gasteiger partial charge in [0.1, 0.15) is 0 Å².